The van der Waals surface area contributed by atoms with Crippen LogP contribution in [0, 0.1) is 5.92 Å². The zero-order valence-electron chi connectivity index (χ0n) is 10.7. The van der Waals surface area contributed by atoms with Gasteiger partial charge in [0.05, 0.1) is 5.35 Å². The molecule has 1 aromatic heterocycles. The minimum atomic E-state index is 0.514. The molecule has 1 atom stereocenters. The van der Waals surface area contributed by atoms with E-state index in [2.05, 4.69) is 66.3 Å². The summed E-state index contributed by atoms with van der Waals surface area (Å²) in [6, 6.07) is 8.69. The molecular weight excluding hydrogens is 230 g/mol. The number of aromatic nitrogens is 1. The van der Waals surface area contributed by atoms with Gasteiger partial charge in [-0.1, -0.05) is 42.5 Å². The predicted molar refractivity (Wildman–Crippen MR) is 78.8 cm³/mol. The van der Waals surface area contributed by atoms with Crippen LogP contribution < -0.4 is 10.6 Å². The van der Waals surface area contributed by atoms with E-state index >= 15 is 0 Å². The first-order valence-corrected chi connectivity index (χ1v) is 6.75. The first kappa shape index (κ1) is 9.62. The van der Waals surface area contributed by atoms with Crippen LogP contribution >= 0.6 is 0 Å². The Morgan fingerprint density at radius 1 is 1.11 bits per heavy atom. The van der Waals surface area contributed by atoms with Crippen LogP contribution in [-0.2, 0) is 7.05 Å². The molecule has 0 radical (unpaired) electrons. The maximum atomic E-state index is 2.38. The van der Waals surface area contributed by atoms with E-state index < -0.39 is 0 Å². The van der Waals surface area contributed by atoms with Gasteiger partial charge in [-0.05, 0) is 28.9 Å². The number of aryl methyl sites for hydroxylation is 1. The van der Waals surface area contributed by atoms with Gasteiger partial charge in [0.1, 0.15) is 0 Å². The Morgan fingerprint density at radius 2 is 2.00 bits per heavy atom. The van der Waals surface area contributed by atoms with E-state index in [1.165, 1.54) is 38.2 Å². The molecule has 0 aliphatic heterocycles. The molecule has 0 amide bonds. The third-order valence-corrected chi connectivity index (χ3v) is 4.63. The Hall–Kier alpha value is -2.28. The Labute approximate surface area is 111 Å². The van der Waals surface area contributed by atoms with Gasteiger partial charge in [-0.25, -0.2) is 0 Å². The maximum absolute atomic E-state index is 2.38. The number of fused-ring (bicyclic) bond motifs is 6. The zero-order chi connectivity index (χ0) is 12.6. The zero-order valence-corrected chi connectivity index (χ0v) is 10.7. The second-order valence-electron chi connectivity index (χ2n) is 5.49. The molecule has 19 heavy (non-hydrogen) atoms. The number of hydrogen-bond acceptors (Lipinski definition) is 0. The summed E-state index contributed by atoms with van der Waals surface area (Å²) in [4.78, 5) is 0. The molecule has 0 fully saturated rings. The third kappa shape index (κ3) is 0.953. The highest BCUT2D eigenvalue weighted by Crippen LogP contribution is 2.46. The second-order valence-corrected chi connectivity index (χ2v) is 5.49. The smallest absolute Gasteiger partial charge is 0.0537 e. The fraction of sp³-hybridized carbons (Fsp3) is 0.111. The Kier molecular flexibility index (Phi) is 1.52. The lowest BCUT2D eigenvalue weighted by molar-refractivity contribution is 0.877. The molecule has 2 aromatic rings. The first-order valence-electron chi connectivity index (χ1n) is 6.75. The van der Waals surface area contributed by atoms with Crippen molar-refractivity contribution in [3.8, 4) is 0 Å². The predicted octanol–water partition coefficient (Wildman–Crippen LogP) is 2.18. The van der Waals surface area contributed by atoms with Gasteiger partial charge in [0.2, 0.25) is 0 Å². The Morgan fingerprint density at radius 3 is 2.95 bits per heavy atom. The van der Waals surface area contributed by atoms with Crippen LogP contribution in [0.4, 0.5) is 0 Å². The lowest BCUT2D eigenvalue weighted by atomic mass is 9.72. The molecule has 1 heterocycles. The van der Waals surface area contributed by atoms with Crippen LogP contribution in [0.25, 0.3) is 22.6 Å². The number of para-hydroxylation sites is 1. The summed E-state index contributed by atoms with van der Waals surface area (Å²) in [5.74, 6) is 0.514. The SMILES string of the molecule is Cn1c2c(c3ccccc31)=CC1=C3C=CC=CC3C=21. The van der Waals surface area contributed by atoms with Crippen molar-refractivity contribution in [2.75, 3.05) is 0 Å². The number of benzene rings is 1. The molecule has 0 saturated heterocycles. The summed E-state index contributed by atoms with van der Waals surface area (Å²) in [5, 5.41) is 4.21. The molecule has 3 aliphatic rings. The summed E-state index contributed by atoms with van der Waals surface area (Å²) in [5.41, 5.74) is 5.79. The second kappa shape index (κ2) is 3.00. The quantitative estimate of drug-likeness (QED) is 0.668. The van der Waals surface area contributed by atoms with Gasteiger partial charge in [-0.3, -0.25) is 0 Å². The number of hydrogen-bond donors (Lipinski definition) is 0. The molecule has 1 aromatic carbocycles. The molecule has 0 spiro atoms. The standard InChI is InChI=1S/C18H13N/c1-19-16-9-5-4-7-12(16)15-10-14-11-6-2-3-8-13(11)17(14)18(15)19/h2-10,13H,1H3. The summed E-state index contributed by atoms with van der Waals surface area (Å²) in [7, 11) is 2.19. The van der Waals surface area contributed by atoms with Crippen molar-refractivity contribution in [2.45, 2.75) is 0 Å². The summed E-state index contributed by atoms with van der Waals surface area (Å²) in [6.07, 6.45) is 11.3. The van der Waals surface area contributed by atoms with Crippen molar-refractivity contribution in [3.63, 3.8) is 0 Å². The first-order chi connectivity index (χ1) is 9.36. The monoisotopic (exact) mass is 243 g/mol. The van der Waals surface area contributed by atoms with E-state index in [-0.39, 0.29) is 0 Å². The van der Waals surface area contributed by atoms with Crippen LogP contribution in [-0.4, -0.2) is 4.57 Å². The van der Waals surface area contributed by atoms with Gasteiger partial charge < -0.3 is 4.57 Å². The fourth-order valence-corrected chi connectivity index (χ4v) is 3.77. The highest BCUT2D eigenvalue weighted by molar-refractivity contribution is 5.99. The normalized spacial score (nSPS) is 22.2. The highest BCUT2D eigenvalue weighted by Gasteiger charge is 2.35. The van der Waals surface area contributed by atoms with Crippen LogP contribution in [0.3, 0.4) is 0 Å². The highest BCUT2D eigenvalue weighted by atomic mass is 14.9. The van der Waals surface area contributed by atoms with Crippen LogP contribution in [0.1, 0.15) is 0 Å². The van der Waals surface area contributed by atoms with Crippen LogP contribution in [0.15, 0.2) is 59.7 Å². The van der Waals surface area contributed by atoms with E-state index in [4.69, 9.17) is 0 Å². The molecule has 90 valence electrons. The van der Waals surface area contributed by atoms with Gasteiger partial charge >= 0.3 is 0 Å². The Balaban J connectivity index is 2.03. The van der Waals surface area contributed by atoms with E-state index in [9.17, 15) is 0 Å². The van der Waals surface area contributed by atoms with E-state index in [0.717, 1.165) is 0 Å². The van der Waals surface area contributed by atoms with Crippen molar-refractivity contribution in [3.05, 3.63) is 70.3 Å². The molecule has 0 N–H and O–H groups in total. The molecule has 5 rings (SSSR count). The topological polar surface area (TPSA) is 4.93 Å². The van der Waals surface area contributed by atoms with Crippen molar-refractivity contribution >= 4 is 22.6 Å². The summed E-state index contributed by atoms with van der Waals surface area (Å²) in [6.45, 7) is 0. The van der Waals surface area contributed by atoms with Gasteiger partial charge in [0, 0.05) is 29.1 Å². The van der Waals surface area contributed by atoms with Gasteiger partial charge in [-0.2, -0.15) is 0 Å². The summed E-state index contributed by atoms with van der Waals surface area (Å²) >= 11 is 0. The number of nitrogens with zero attached hydrogens (tertiary/aromatic N) is 1. The van der Waals surface area contributed by atoms with Gasteiger partial charge in [0.15, 0.2) is 0 Å². The molecule has 1 unspecified atom stereocenters. The van der Waals surface area contributed by atoms with Crippen molar-refractivity contribution in [1.82, 2.24) is 4.57 Å². The van der Waals surface area contributed by atoms with Gasteiger partial charge in [0.25, 0.3) is 0 Å². The number of allylic oxidation sites excluding steroid dienone is 6. The average molecular weight is 243 g/mol. The van der Waals surface area contributed by atoms with Crippen molar-refractivity contribution in [2.24, 2.45) is 13.0 Å². The molecule has 1 heteroatoms. The molecular formula is C18H13N. The number of rotatable bonds is 0. The van der Waals surface area contributed by atoms with Crippen molar-refractivity contribution < 1.29 is 0 Å². The van der Waals surface area contributed by atoms with E-state index in [1.54, 1.807) is 0 Å². The minimum Gasteiger partial charge on any atom is -0.343 e. The lowest BCUT2D eigenvalue weighted by Gasteiger charge is -2.31. The van der Waals surface area contributed by atoms with Crippen LogP contribution in [0.5, 0.6) is 0 Å². The summed E-state index contributed by atoms with van der Waals surface area (Å²) < 4.78 is 2.35. The van der Waals surface area contributed by atoms with E-state index in [0.29, 0.717) is 5.92 Å². The average Bonchev–Trinajstić information content (AvgIpc) is 2.91. The lowest BCUT2D eigenvalue weighted by Crippen LogP contribution is -2.31. The minimum absolute atomic E-state index is 0.514. The largest absolute Gasteiger partial charge is 0.343 e. The fourth-order valence-electron chi connectivity index (χ4n) is 3.77. The Bertz CT molecular complexity index is 961. The molecule has 0 bridgehead atoms. The molecule has 1 nitrogen and oxygen atoms in total. The van der Waals surface area contributed by atoms with E-state index in [1.807, 2.05) is 0 Å². The van der Waals surface area contributed by atoms with Crippen LogP contribution in [0.2, 0.25) is 0 Å². The molecule has 0 saturated carbocycles. The van der Waals surface area contributed by atoms with Crippen molar-refractivity contribution in [1.29, 1.82) is 0 Å². The molecule has 3 aliphatic carbocycles. The van der Waals surface area contributed by atoms with Gasteiger partial charge in [-0.15, -0.1) is 0 Å². The third-order valence-electron chi connectivity index (χ3n) is 4.63. The maximum Gasteiger partial charge on any atom is 0.0537 e.